The zero-order chi connectivity index (χ0) is 18.1. The molecule has 26 heavy (non-hydrogen) atoms. The molecule has 1 aromatic heterocycles. The number of hydrogen-bond donors (Lipinski definition) is 3. The topological polar surface area (TPSA) is 80.0 Å². The van der Waals surface area contributed by atoms with Crippen LogP contribution in [-0.4, -0.2) is 11.0 Å². The fraction of sp³-hybridized carbons (Fsp3) is 0.300. The molecule has 2 amide bonds. The van der Waals surface area contributed by atoms with Gasteiger partial charge in [0.15, 0.2) is 0 Å². The van der Waals surface area contributed by atoms with E-state index >= 15 is 0 Å². The Morgan fingerprint density at radius 1 is 1.15 bits per heavy atom. The van der Waals surface area contributed by atoms with E-state index in [2.05, 4.69) is 27.7 Å². The molecule has 5 nitrogen and oxygen atoms in total. The molecule has 1 aromatic carbocycles. The molecule has 134 valence electrons. The van der Waals surface area contributed by atoms with Gasteiger partial charge in [-0.25, -0.2) is 9.78 Å². The Balaban J connectivity index is 1.51. The first kappa shape index (κ1) is 17.0. The zero-order valence-corrected chi connectivity index (χ0v) is 15.4. The van der Waals surface area contributed by atoms with Crippen molar-refractivity contribution in [3.63, 3.8) is 0 Å². The molecule has 0 saturated carbocycles. The predicted octanol–water partition coefficient (Wildman–Crippen LogP) is 3.82. The van der Waals surface area contributed by atoms with Crippen molar-refractivity contribution in [3.05, 3.63) is 58.8 Å². The van der Waals surface area contributed by atoms with Crippen LogP contribution in [0.2, 0.25) is 0 Å². The summed E-state index contributed by atoms with van der Waals surface area (Å²) in [5.41, 5.74) is 13.4. The quantitative estimate of drug-likeness (QED) is 0.719. The van der Waals surface area contributed by atoms with Gasteiger partial charge in [0, 0.05) is 35.1 Å². The minimum atomic E-state index is -0.233. The van der Waals surface area contributed by atoms with Gasteiger partial charge in [-0.2, -0.15) is 0 Å². The number of amides is 2. The second-order valence-electron chi connectivity index (χ2n) is 6.77. The third-order valence-electron chi connectivity index (χ3n) is 5.07. The van der Waals surface area contributed by atoms with Gasteiger partial charge in [-0.15, -0.1) is 0 Å². The van der Waals surface area contributed by atoms with Crippen molar-refractivity contribution < 1.29 is 4.79 Å². The first-order chi connectivity index (χ1) is 12.6. The lowest BCUT2D eigenvalue weighted by molar-refractivity contribution is 0.257. The van der Waals surface area contributed by atoms with Gasteiger partial charge in [0.2, 0.25) is 0 Å². The summed E-state index contributed by atoms with van der Waals surface area (Å²) in [6, 6.07) is 5.77. The molecule has 0 spiro atoms. The number of carbonyl (C=O) groups is 1. The van der Waals surface area contributed by atoms with Gasteiger partial charge in [0.25, 0.3) is 0 Å². The molecule has 2 aliphatic carbocycles. The number of fused-ring (bicyclic) bond motifs is 2. The second kappa shape index (κ2) is 7.03. The van der Waals surface area contributed by atoms with Gasteiger partial charge < -0.3 is 11.1 Å². The van der Waals surface area contributed by atoms with Crippen molar-refractivity contribution in [1.29, 1.82) is 0 Å². The van der Waals surface area contributed by atoms with Gasteiger partial charge in [-0.1, -0.05) is 12.6 Å². The number of hydrogen-bond acceptors (Lipinski definition) is 4. The Morgan fingerprint density at radius 3 is 2.50 bits per heavy atom. The molecule has 4 rings (SSSR count). The van der Waals surface area contributed by atoms with Crippen LogP contribution in [0.3, 0.4) is 0 Å². The van der Waals surface area contributed by atoms with Crippen molar-refractivity contribution >= 4 is 29.4 Å². The summed E-state index contributed by atoms with van der Waals surface area (Å²) in [5.74, 6) is 0. The van der Waals surface area contributed by atoms with Crippen LogP contribution in [-0.2, 0) is 25.7 Å². The van der Waals surface area contributed by atoms with Crippen LogP contribution >= 0.6 is 11.9 Å². The molecule has 4 N–H and O–H groups in total. The lowest BCUT2D eigenvalue weighted by atomic mass is 9.99. The van der Waals surface area contributed by atoms with Crippen LogP contribution in [0.15, 0.2) is 36.0 Å². The highest BCUT2D eigenvalue weighted by Crippen LogP contribution is 2.38. The fourth-order valence-electron chi connectivity index (χ4n) is 3.92. The van der Waals surface area contributed by atoms with Crippen molar-refractivity contribution in [2.24, 2.45) is 5.73 Å². The van der Waals surface area contributed by atoms with Gasteiger partial charge in [0.1, 0.15) is 5.03 Å². The number of nitrogens with two attached hydrogens (primary N) is 1. The van der Waals surface area contributed by atoms with E-state index in [4.69, 9.17) is 5.73 Å². The van der Waals surface area contributed by atoms with E-state index in [1.54, 1.807) is 12.3 Å². The number of nitrogens with one attached hydrogen (secondary N) is 2. The van der Waals surface area contributed by atoms with E-state index in [1.165, 1.54) is 35.1 Å². The summed E-state index contributed by atoms with van der Waals surface area (Å²) in [5, 5.41) is 3.75. The molecule has 0 aliphatic heterocycles. The number of benzene rings is 1. The van der Waals surface area contributed by atoms with E-state index in [0.29, 0.717) is 10.7 Å². The molecule has 1 heterocycles. The van der Waals surface area contributed by atoms with Crippen LogP contribution in [0, 0.1) is 0 Å². The van der Waals surface area contributed by atoms with E-state index in [-0.39, 0.29) is 6.03 Å². The molecule has 0 atom stereocenters. The Hall–Kier alpha value is -2.47. The number of anilines is 1. The van der Waals surface area contributed by atoms with Gasteiger partial charge >= 0.3 is 6.03 Å². The summed E-state index contributed by atoms with van der Waals surface area (Å²) in [4.78, 5) is 16.8. The van der Waals surface area contributed by atoms with Crippen LogP contribution in [0.1, 0.15) is 40.7 Å². The van der Waals surface area contributed by atoms with Crippen LogP contribution in [0.5, 0.6) is 0 Å². The third kappa shape index (κ3) is 3.17. The molecule has 6 heteroatoms. The number of carbonyl (C=O) groups excluding carboxylic acids is 1. The summed E-state index contributed by atoms with van der Waals surface area (Å²) < 4.78 is 2.83. The highest BCUT2D eigenvalue weighted by atomic mass is 32.2. The maximum absolute atomic E-state index is 12.5. The summed E-state index contributed by atoms with van der Waals surface area (Å²) in [7, 11) is 0. The Morgan fingerprint density at radius 2 is 1.85 bits per heavy atom. The highest BCUT2D eigenvalue weighted by molar-refractivity contribution is 7.98. The highest BCUT2D eigenvalue weighted by Gasteiger charge is 2.25. The number of aromatic nitrogens is 1. The molecule has 0 unspecified atom stereocenters. The first-order valence-corrected chi connectivity index (χ1v) is 9.75. The zero-order valence-electron chi connectivity index (χ0n) is 14.6. The smallest absolute Gasteiger partial charge is 0.329 e. The second-order valence-corrected chi connectivity index (χ2v) is 7.57. The lowest BCUT2D eigenvalue weighted by Crippen LogP contribution is -2.24. The Kier molecular flexibility index (Phi) is 4.59. The number of nitrogens with zero attached hydrogens (tertiary/aromatic N) is 1. The standard InChI is InChI=1S/C20H22N4OS/c1-12(21)15-9-4-10-22-19(15)26-24-20(25)23-18-16-7-2-5-13(16)11-14-6-3-8-17(14)18/h4,9-11H,1-3,5-8,21H2,(H2,23,24,25). The number of aryl methyl sites for hydroxylation is 2. The lowest BCUT2D eigenvalue weighted by Gasteiger charge is -2.16. The van der Waals surface area contributed by atoms with Gasteiger partial charge in [0.05, 0.1) is 0 Å². The van der Waals surface area contributed by atoms with Crippen LogP contribution in [0.4, 0.5) is 10.5 Å². The molecule has 0 bridgehead atoms. The monoisotopic (exact) mass is 366 g/mol. The van der Waals surface area contributed by atoms with E-state index < -0.39 is 0 Å². The first-order valence-electron chi connectivity index (χ1n) is 8.93. The number of pyridine rings is 1. The van der Waals surface area contributed by atoms with E-state index in [0.717, 1.165) is 48.9 Å². The normalized spacial score (nSPS) is 14.6. The Bertz CT molecular complexity index is 861. The van der Waals surface area contributed by atoms with Crippen LogP contribution < -0.4 is 15.8 Å². The Labute approximate surface area is 157 Å². The molecule has 0 radical (unpaired) electrons. The third-order valence-corrected chi connectivity index (χ3v) is 5.88. The molecular weight excluding hydrogens is 344 g/mol. The molecule has 0 fully saturated rings. The predicted molar refractivity (Wildman–Crippen MR) is 106 cm³/mol. The SMILES string of the molecule is C=C(N)c1cccnc1SNC(=O)Nc1c2c(cc3c1CCC3)CCC2. The average molecular weight is 366 g/mol. The molecule has 2 aliphatic rings. The number of urea groups is 1. The van der Waals surface area contributed by atoms with Gasteiger partial charge in [-0.3, -0.25) is 4.72 Å². The minimum Gasteiger partial charge on any atom is -0.399 e. The maximum atomic E-state index is 12.5. The minimum absolute atomic E-state index is 0.233. The van der Waals surface area contributed by atoms with Gasteiger partial charge in [-0.05, 0) is 72.9 Å². The summed E-state index contributed by atoms with van der Waals surface area (Å²) in [6.07, 6.45) is 8.32. The average Bonchev–Trinajstić information content (AvgIpc) is 3.29. The maximum Gasteiger partial charge on any atom is 0.329 e. The number of rotatable bonds is 4. The molecular formula is C20H22N4OS. The van der Waals surface area contributed by atoms with E-state index in [9.17, 15) is 4.79 Å². The van der Waals surface area contributed by atoms with Crippen molar-refractivity contribution in [2.75, 3.05) is 5.32 Å². The molecule has 2 aromatic rings. The summed E-state index contributed by atoms with van der Waals surface area (Å²) in [6.45, 7) is 3.76. The van der Waals surface area contributed by atoms with Crippen molar-refractivity contribution in [2.45, 2.75) is 43.6 Å². The molecule has 0 saturated heterocycles. The summed E-state index contributed by atoms with van der Waals surface area (Å²) >= 11 is 1.16. The van der Waals surface area contributed by atoms with Crippen LogP contribution in [0.25, 0.3) is 5.70 Å². The van der Waals surface area contributed by atoms with E-state index in [1.807, 2.05) is 6.07 Å². The fourth-order valence-corrected chi connectivity index (χ4v) is 4.58. The largest absolute Gasteiger partial charge is 0.399 e. The van der Waals surface area contributed by atoms with Crippen molar-refractivity contribution in [1.82, 2.24) is 9.71 Å². The van der Waals surface area contributed by atoms with Crippen molar-refractivity contribution in [3.8, 4) is 0 Å².